The number of hydrogen-bond donors (Lipinski definition) is 1. The van der Waals surface area contributed by atoms with Crippen LogP contribution < -0.4 is 4.74 Å². The highest BCUT2D eigenvalue weighted by Gasteiger charge is 2.31. The van der Waals surface area contributed by atoms with Crippen LogP contribution in [0, 0.1) is 0 Å². The molecular formula is C12H8ClF3O2S. The minimum atomic E-state index is -4.73. The van der Waals surface area contributed by atoms with E-state index in [9.17, 15) is 18.3 Å². The summed E-state index contributed by atoms with van der Waals surface area (Å²) in [5.41, 5.74) is 0.443. The molecule has 0 aliphatic rings. The standard InChI is InChI=1S/C12H8ClF3O2S/c13-9-5-6-19-11(9)10(17)7-1-3-8(4-2-7)18-12(14,15)16/h1-6,10,17H. The Bertz CT molecular complexity index is 551. The maximum atomic E-state index is 12.0. The van der Waals surface area contributed by atoms with Gasteiger partial charge in [-0.15, -0.1) is 24.5 Å². The summed E-state index contributed by atoms with van der Waals surface area (Å²) in [4.78, 5) is 0.547. The van der Waals surface area contributed by atoms with Crippen LogP contribution in [-0.2, 0) is 0 Å². The van der Waals surface area contributed by atoms with E-state index in [0.29, 0.717) is 15.5 Å². The molecule has 102 valence electrons. The third-order valence-electron chi connectivity index (χ3n) is 2.32. The van der Waals surface area contributed by atoms with Gasteiger partial charge in [-0.2, -0.15) is 0 Å². The van der Waals surface area contributed by atoms with E-state index in [1.807, 2.05) is 0 Å². The summed E-state index contributed by atoms with van der Waals surface area (Å²) >= 11 is 7.15. The minimum Gasteiger partial charge on any atom is -0.406 e. The van der Waals surface area contributed by atoms with Crippen LogP contribution in [0.2, 0.25) is 5.02 Å². The largest absolute Gasteiger partial charge is 0.573 e. The molecule has 2 nitrogen and oxygen atoms in total. The second-order valence-electron chi connectivity index (χ2n) is 3.65. The summed E-state index contributed by atoms with van der Waals surface area (Å²) in [6.07, 6.45) is -5.69. The zero-order chi connectivity index (χ0) is 14.0. The fraction of sp³-hybridized carbons (Fsp3) is 0.167. The van der Waals surface area contributed by atoms with Crippen molar-refractivity contribution in [2.75, 3.05) is 0 Å². The molecule has 1 unspecified atom stereocenters. The Morgan fingerprint density at radius 1 is 1.16 bits per heavy atom. The molecule has 1 aromatic heterocycles. The van der Waals surface area contributed by atoms with Crippen LogP contribution in [0.15, 0.2) is 35.7 Å². The van der Waals surface area contributed by atoms with Crippen molar-refractivity contribution in [2.45, 2.75) is 12.5 Å². The lowest BCUT2D eigenvalue weighted by atomic mass is 10.1. The van der Waals surface area contributed by atoms with Crippen molar-refractivity contribution in [3.63, 3.8) is 0 Å². The highest BCUT2D eigenvalue weighted by molar-refractivity contribution is 7.10. The maximum Gasteiger partial charge on any atom is 0.573 e. The van der Waals surface area contributed by atoms with Crippen molar-refractivity contribution in [1.82, 2.24) is 0 Å². The first-order valence-corrected chi connectivity index (χ1v) is 6.39. The van der Waals surface area contributed by atoms with Gasteiger partial charge in [0, 0.05) is 0 Å². The number of hydrogen-bond acceptors (Lipinski definition) is 3. The van der Waals surface area contributed by atoms with Gasteiger partial charge in [-0.25, -0.2) is 0 Å². The zero-order valence-electron chi connectivity index (χ0n) is 9.32. The molecular weight excluding hydrogens is 301 g/mol. The Morgan fingerprint density at radius 2 is 1.79 bits per heavy atom. The number of rotatable bonds is 3. The van der Waals surface area contributed by atoms with Crippen LogP contribution in [0.1, 0.15) is 16.5 Å². The molecule has 1 atom stereocenters. The Hall–Kier alpha value is -1.24. The van der Waals surface area contributed by atoms with E-state index < -0.39 is 12.5 Å². The van der Waals surface area contributed by atoms with E-state index in [-0.39, 0.29) is 5.75 Å². The smallest absolute Gasteiger partial charge is 0.406 e. The topological polar surface area (TPSA) is 29.5 Å². The van der Waals surface area contributed by atoms with Crippen molar-refractivity contribution < 1.29 is 23.0 Å². The first-order chi connectivity index (χ1) is 8.87. The van der Waals surface area contributed by atoms with Gasteiger partial charge in [0.15, 0.2) is 0 Å². The van der Waals surface area contributed by atoms with Gasteiger partial charge in [-0.3, -0.25) is 0 Å². The third kappa shape index (κ3) is 3.62. The molecule has 0 aliphatic heterocycles. The number of aliphatic hydroxyl groups is 1. The lowest BCUT2D eigenvalue weighted by molar-refractivity contribution is -0.274. The SMILES string of the molecule is OC(c1ccc(OC(F)(F)F)cc1)c1sccc1Cl. The average molecular weight is 309 g/mol. The van der Waals surface area contributed by atoms with E-state index in [1.54, 1.807) is 11.4 Å². The van der Waals surface area contributed by atoms with Crippen LogP contribution in [0.25, 0.3) is 0 Å². The molecule has 0 bridgehead atoms. The van der Waals surface area contributed by atoms with Gasteiger partial charge in [0.2, 0.25) is 0 Å². The summed E-state index contributed by atoms with van der Waals surface area (Å²) in [7, 11) is 0. The van der Waals surface area contributed by atoms with Crippen LogP contribution in [0.4, 0.5) is 13.2 Å². The maximum absolute atomic E-state index is 12.0. The fourth-order valence-electron chi connectivity index (χ4n) is 1.50. The molecule has 0 saturated heterocycles. The molecule has 0 amide bonds. The predicted octanol–water partition coefficient (Wildman–Crippen LogP) is 4.38. The molecule has 1 N–H and O–H groups in total. The quantitative estimate of drug-likeness (QED) is 0.911. The van der Waals surface area contributed by atoms with Gasteiger partial charge in [-0.05, 0) is 29.1 Å². The summed E-state index contributed by atoms with van der Waals surface area (Å²) < 4.78 is 39.7. The van der Waals surface area contributed by atoms with Crippen molar-refractivity contribution in [2.24, 2.45) is 0 Å². The van der Waals surface area contributed by atoms with Crippen molar-refractivity contribution in [3.8, 4) is 5.75 Å². The Morgan fingerprint density at radius 3 is 2.26 bits per heavy atom. The molecule has 0 fully saturated rings. The van der Waals surface area contributed by atoms with E-state index in [1.165, 1.54) is 23.5 Å². The second-order valence-corrected chi connectivity index (χ2v) is 5.01. The highest BCUT2D eigenvalue weighted by atomic mass is 35.5. The summed E-state index contributed by atoms with van der Waals surface area (Å²) in [5.74, 6) is -0.333. The number of thiophene rings is 1. The van der Waals surface area contributed by atoms with Crippen molar-refractivity contribution in [1.29, 1.82) is 0 Å². The predicted molar refractivity (Wildman–Crippen MR) is 66.5 cm³/mol. The monoisotopic (exact) mass is 308 g/mol. The van der Waals surface area contributed by atoms with Crippen LogP contribution in [-0.4, -0.2) is 11.5 Å². The number of alkyl halides is 3. The molecule has 7 heteroatoms. The van der Waals surface area contributed by atoms with Crippen molar-refractivity contribution in [3.05, 3.63) is 51.2 Å². The number of aliphatic hydroxyl groups excluding tert-OH is 1. The molecule has 1 aromatic carbocycles. The van der Waals surface area contributed by atoms with Gasteiger partial charge >= 0.3 is 6.36 Å². The molecule has 1 heterocycles. The van der Waals surface area contributed by atoms with E-state index in [0.717, 1.165) is 12.1 Å². The van der Waals surface area contributed by atoms with Crippen LogP contribution >= 0.6 is 22.9 Å². The summed E-state index contributed by atoms with van der Waals surface area (Å²) in [5, 5.41) is 12.2. The van der Waals surface area contributed by atoms with Gasteiger partial charge in [0.25, 0.3) is 0 Å². The Labute approximate surface area is 116 Å². The Balaban J connectivity index is 2.17. The lowest BCUT2D eigenvalue weighted by Gasteiger charge is -2.12. The molecule has 0 saturated carbocycles. The minimum absolute atomic E-state index is 0.333. The first kappa shape index (κ1) is 14.2. The normalized spacial score (nSPS) is 13.3. The van der Waals surface area contributed by atoms with Gasteiger partial charge < -0.3 is 9.84 Å². The molecule has 0 aliphatic carbocycles. The number of halogens is 4. The highest BCUT2D eigenvalue weighted by Crippen LogP contribution is 2.33. The zero-order valence-corrected chi connectivity index (χ0v) is 10.9. The number of benzene rings is 1. The van der Waals surface area contributed by atoms with Gasteiger partial charge in [0.05, 0.1) is 9.90 Å². The lowest BCUT2D eigenvalue weighted by Crippen LogP contribution is -2.17. The van der Waals surface area contributed by atoms with E-state index in [2.05, 4.69) is 4.74 Å². The summed E-state index contributed by atoms with van der Waals surface area (Å²) in [6, 6.07) is 6.66. The van der Waals surface area contributed by atoms with Crippen LogP contribution in [0.3, 0.4) is 0 Å². The Kier molecular flexibility index (Phi) is 4.03. The average Bonchev–Trinajstić information content (AvgIpc) is 2.73. The van der Waals surface area contributed by atoms with Gasteiger partial charge in [-0.1, -0.05) is 23.7 Å². The van der Waals surface area contributed by atoms with Crippen LogP contribution in [0.5, 0.6) is 5.75 Å². The molecule has 0 spiro atoms. The van der Waals surface area contributed by atoms with E-state index in [4.69, 9.17) is 11.6 Å². The molecule has 0 radical (unpaired) electrons. The summed E-state index contributed by atoms with van der Waals surface area (Å²) in [6.45, 7) is 0. The van der Waals surface area contributed by atoms with E-state index >= 15 is 0 Å². The molecule has 2 rings (SSSR count). The fourth-order valence-corrected chi connectivity index (χ4v) is 2.67. The molecule has 2 aromatic rings. The third-order valence-corrected chi connectivity index (χ3v) is 3.73. The van der Waals surface area contributed by atoms with Gasteiger partial charge in [0.1, 0.15) is 11.9 Å². The molecule has 19 heavy (non-hydrogen) atoms. The number of ether oxygens (including phenoxy) is 1. The second kappa shape index (κ2) is 5.40. The first-order valence-electron chi connectivity index (χ1n) is 5.13. The van der Waals surface area contributed by atoms with Crippen molar-refractivity contribution >= 4 is 22.9 Å².